The Balaban J connectivity index is 1.83. The summed E-state index contributed by atoms with van der Waals surface area (Å²) >= 11 is 0. The van der Waals surface area contributed by atoms with Crippen LogP contribution < -0.4 is 10.0 Å². The highest BCUT2D eigenvalue weighted by molar-refractivity contribution is 7.88. The molecule has 134 valence electrons. The van der Waals surface area contributed by atoms with Gasteiger partial charge in [-0.3, -0.25) is 4.79 Å². The number of benzene rings is 2. The predicted molar refractivity (Wildman–Crippen MR) is 100 cm³/mol. The maximum absolute atomic E-state index is 12.2. The SMILES string of the molecule is C[C@H](CNC(=O)c1ccc(CCNS(C)(=O)=O)cc1)c1ccccc1. The van der Waals surface area contributed by atoms with Gasteiger partial charge in [0, 0.05) is 18.7 Å². The molecule has 2 rings (SSSR count). The van der Waals surface area contributed by atoms with Crippen molar-refractivity contribution in [3.8, 4) is 0 Å². The molecule has 0 radical (unpaired) electrons. The third-order valence-electron chi connectivity index (χ3n) is 3.93. The van der Waals surface area contributed by atoms with E-state index in [1.54, 1.807) is 12.1 Å². The lowest BCUT2D eigenvalue weighted by Gasteiger charge is -2.13. The van der Waals surface area contributed by atoms with Crippen molar-refractivity contribution in [1.82, 2.24) is 10.0 Å². The Hall–Kier alpha value is -2.18. The fourth-order valence-corrected chi connectivity index (χ4v) is 2.92. The van der Waals surface area contributed by atoms with Crippen LogP contribution >= 0.6 is 0 Å². The largest absolute Gasteiger partial charge is 0.351 e. The van der Waals surface area contributed by atoms with Crippen LogP contribution in [0, 0.1) is 0 Å². The molecule has 0 saturated carbocycles. The number of amides is 1. The smallest absolute Gasteiger partial charge is 0.251 e. The molecular weight excluding hydrogens is 336 g/mol. The average molecular weight is 360 g/mol. The first-order valence-electron chi connectivity index (χ1n) is 8.22. The number of sulfonamides is 1. The van der Waals surface area contributed by atoms with Crippen LogP contribution in [0.4, 0.5) is 0 Å². The van der Waals surface area contributed by atoms with Crippen LogP contribution in [-0.2, 0) is 16.4 Å². The van der Waals surface area contributed by atoms with Crippen LogP contribution in [0.2, 0.25) is 0 Å². The lowest BCUT2D eigenvalue weighted by molar-refractivity contribution is 0.0951. The number of hydrogen-bond acceptors (Lipinski definition) is 3. The maximum atomic E-state index is 12.2. The maximum Gasteiger partial charge on any atom is 0.251 e. The summed E-state index contributed by atoms with van der Waals surface area (Å²) in [7, 11) is -3.17. The van der Waals surface area contributed by atoms with Gasteiger partial charge >= 0.3 is 0 Å². The van der Waals surface area contributed by atoms with E-state index in [0.29, 0.717) is 25.1 Å². The van der Waals surface area contributed by atoms with Gasteiger partial charge in [0.25, 0.3) is 5.91 Å². The normalized spacial score (nSPS) is 12.6. The molecule has 0 fully saturated rings. The van der Waals surface area contributed by atoms with Crippen molar-refractivity contribution in [2.75, 3.05) is 19.3 Å². The number of carbonyl (C=O) groups is 1. The van der Waals surface area contributed by atoms with Gasteiger partial charge in [0.1, 0.15) is 0 Å². The summed E-state index contributed by atoms with van der Waals surface area (Å²) in [5.74, 6) is 0.134. The predicted octanol–water partition coefficient (Wildman–Crippen LogP) is 2.31. The molecule has 0 aliphatic rings. The zero-order valence-corrected chi connectivity index (χ0v) is 15.3. The molecule has 1 amide bonds. The Morgan fingerprint density at radius 2 is 1.68 bits per heavy atom. The molecule has 25 heavy (non-hydrogen) atoms. The summed E-state index contributed by atoms with van der Waals surface area (Å²) in [5.41, 5.74) is 2.77. The molecule has 2 N–H and O–H groups in total. The topological polar surface area (TPSA) is 75.3 Å². The van der Waals surface area contributed by atoms with Crippen molar-refractivity contribution in [1.29, 1.82) is 0 Å². The van der Waals surface area contributed by atoms with Gasteiger partial charge in [0.05, 0.1) is 6.26 Å². The molecule has 6 heteroatoms. The molecule has 0 saturated heterocycles. The summed E-state index contributed by atoms with van der Waals surface area (Å²) in [6, 6.07) is 17.3. The van der Waals surface area contributed by atoms with Crippen LogP contribution in [0.1, 0.15) is 34.3 Å². The van der Waals surface area contributed by atoms with E-state index in [1.165, 1.54) is 5.56 Å². The fourth-order valence-electron chi connectivity index (χ4n) is 2.45. The van der Waals surface area contributed by atoms with Crippen LogP contribution in [0.15, 0.2) is 54.6 Å². The Labute approximate surface area is 149 Å². The van der Waals surface area contributed by atoms with Gasteiger partial charge in [0.15, 0.2) is 0 Å². The van der Waals surface area contributed by atoms with Crippen molar-refractivity contribution < 1.29 is 13.2 Å². The van der Waals surface area contributed by atoms with E-state index >= 15 is 0 Å². The molecule has 1 atom stereocenters. The van der Waals surface area contributed by atoms with Gasteiger partial charge in [-0.15, -0.1) is 0 Å². The Kier molecular flexibility index (Phi) is 6.73. The van der Waals surface area contributed by atoms with E-state index < -0.39 is 10.0 Å². The van der Waals surface area contributed by atoms with Crippen LogP contribution in [0.3, 0.4) is 0 Å². The molecule has 0 aromatic heterocycles. The summed E-state index contributed by atoms with van der Waals surface area (Å²) < 4.78 is 24.5. The number of hydrogen-bond donors (Lipinski definition) is 2. The lowest BCUT2D eigenvalue weighted by atomic mass is 10.0. The van der Waals surface area contributed by atoms with E-state index in [0.717, 1.165) is 11.8 Å². The van der Waals surface area contributed by atoms with Crippen molar-refractivity contribution in [3.05, 3.63) is 71.3 Å². The molecule has 2 aromatic carbocycles. The molecule has 2 aromatic rings. The minimum absolute atomic E-state index is 0.108. The molecule has 0 heterocycles. The Bertz CT molecular complexity index is 787. The second-order valence-electron chi connectivity index (χ2n) is 6.14. The average Bonchev–Trinajstić information content (AvgIpc) is 2.59. The second-order valence-corrected chi connectivity index (χ2v) is 7.97. The van der Waals surface area contributed by atoms with Crippen molar-refractivity contribution >= 4 is 15.9 Å². The molecule has 0 aliphatic heterocycles. The van der Waals surface area contributed by atoms with Crippen LogP contribution in [-0.4, -0.2) is 33.7 Å². The first-order valence-corrected chi connectivity index (χ1v) is 10.1. The first-order chi connectivity index (χ1) is 11.8. The highest BCUT2D eigenvalue weighted by Gasteiger charge is 2.09. The van der Waals surface area contributed by atoms with E-state index in [1.807, 2.05) is 30.3 Å². The zero-order chi connectivity index (χ0) is 18.3. The molecular formula is C19H24N2O3S. The molecule has 0 spiro atoms. The molecule has 5 nitrogen and oxygen atoms in total. The number of nitrogens with one attached hydrogen (secondary N) is 2. The Morgan fingerprint density at radius 3 is 2.28 bits per heavy atom. The number of rotatable bonds is 8. The van der Waals surface area contributed by atoms with E-state index in [-0.39, 0.29) is 11.8 Å². The summed E-state index contributed by atoms with van der Waals surface area (Å²) in [6.45, 7) is 3.00. The Morgan fingerprint density at radius 1 is 1.04 bits per heavy atom. The van der Waals surface area contributed by atoms with Crippen LogP contribution in [0.5, 0.6) is 0 Å². The fraction of sp³-hybridized carbons (Fsp3) is 0.316. The van der Waals surface area contributed by atoms with Gasteiger partial charge in [-0.1, -0.05) is 49.4 Å². The monoisotopic (exact) mass is 360 g/mol. The van der Waals surface area contributed by atoms with Crippen LogP contribution in [0.25, 0.3) is 0 Å². The summed E-state index contributed by atoms with van der Waals surface area (Å²) in [5, 5.41) is 2.95. The standard InChI is InChI=1S/C19H24N2O3S/c1-15(17-6-4-3-5-7-17)14-20-19(22)18-10-8-16(9-11-18)12-13-21-25(2,23)24/h3-11,15,21H,12-14H2,1-2H3,(H,20,22)/t15-/m1/s1. The van der Waals surface area contributed by atoms with Gasteiger partial charge in [-0.25, -0.2) is 13.1 Å². The molecule has 0 unspecified atom stereocenters. The molecule has 0 aliphatic carbocycles. The van der Waals surface area contributed by atoms with E-state index in [9.17, 15) is 13.2 Å². The minimum atomic E-state index is -3.17. The lowest BCUT2D eigenvalue weighted by Crippen LogP contribution is -2.27. The second kappa shape index (κ2) is 8.78. The van der Waals surface area contributed by atoms with Crippen molar-refractivity contribution in [2.45, 2.75) is 19.3 Å². The van der Waals surface area contributed by atoms with Gasteiger partial charge in [-0.2, -0.15) is 0 Å². The van der Waals surface area contributed by atoms with Crippen molar-refractivity contribution in [2.24, 2.45) is 0 Å². The minimum Gasteiger partial charge on any atom is -0.351 e. The third kappa shape index (κ3) is 6.68. The number of carbonyl (C=O) groups excluding carboxylic acids is 1. The van der Waals surface area contributed by atoms with Gasteiger partial charge in [0.2, 0.25) is 10.0 Å². The van der Waals surface area contributed by atoms with E-state index in [4.69, 9.17) is 0 Å². The van der Waals surface area contributed by atoms with Gasteiger partial charge < -0.3 is 5.32 Å². The highest BCUT2D eigenvalue weighted by Crippen LogP contribution is 2.13. The van der Waals surface area contributed by atoms with Crippen molar-refractivity contribution in [3.63, 3.8) is 0 Å². The highest BCUT2D eigenvalue weighted by atomic mass is 32.2. The molecule has 0 bridgehead atoms. The quantitative estimate of drug-likeness (QED) is 0.758. The third-order valence-corrected chi connectivity index (χ3v) is 4.66. The summed E-state index contributed by atoms with van der Waals surface area (Å²) in [4.78, 5) is 12.2. The van der Waals surface area contributed by atoms with Gasteiger partial charge in [-0.05, 0) is 35.6 Å². The zero-order valence-electron chi connectivity index (χ0n) is 14.5. The first kappa shape index (κ1) is 19.1. The summed E-state index contributed by atoms with van der Waals surface area (Å²) in [6.07, 6.45) is 1.72. The van der Waals surface area contributed by atoms with E-state index in [2.05, 4.69) is 29.1 Å².